The molecule has 4 aromatic rings. The molecule has 0 radical (unpaired) electrons. The van der Waals surface area contributed by atoms with Crippen LogP contribution in [0.5, 0.6) is 0 Å². The van der Waals surface area contributed by atoms with Crippen molar-refractivity contribution in [3.05, 3.63) is 95.0 Å². The molecule has 0 unspecified atom stereocenters. The summed E-state index contributed by atoms with van der Waals surface area (Å²) in [5.41, 5.74) is 2.75. The van der Waals surface area contributed by atoms with Crippen LogP contribution in [0.4, 0.5) is 10.1 Å². The van der Waals surface area contributed by atoms with Crippen molar-refractivity contribution >= 4 is 38.8 Å². The van der Waals surface area contributed by atoms with E-state index in [0.717, 1.165) is 9.99 Å². The van der Waals surface area contributed by atoms with Crippen LogP contribution in [0.1, 0.15) is 10.5 Å². The first-order valence-electron chi connectivity index (χ1n) is 8.50. The topological polar surface area (TPSA) is 50.6 Å². The fraction of sp³-hybridized carbons (Fsp3) is 0. The molecule has 0 aliphatic rings. The Kier molecular flexibility index (Phi) is 4.79. The number of fused-ring (bicyclic) bond motifs is 1. The van der Waals surface area contributed by atoms with Crippen LogP contribution in [0.25, 0.3) is 16.6 Å². The zero-order chi connectivity index (χ0) is 19.7. The second kappa shape index (κ2) is 7.40. The van der Waals surface area contributed by atoms with Crippen molar-refractivity contribution < 1.29 is 14.0 Å². The highest BCUT2D eigenvalue weighted by atomic mass is 79.9. The molecule has 0 saturated heterocycles. The van der Waals surface area contributed by atoms with Gasteiger partial charge in [-0.3, -0.25) is 9.59 Å². The Morgan fingerprint density at radius 2 is 1.64 bits per heavy atom. The number of anilines is 1. The van der Waals surface area contributed by atoms with Crippen LogP contribution in [-0.4, -0.2) is 16.1 Å². The number of amides is 1. The first-order chi connectivity index (χ1) is 13.5. The molecule has 4 nitrogen and oxygen atoms in total. The molecule has 1 N–H and O–H groups in total. The summed E-state index contributed by atoms with van der Waals surface area (Å²) >= 11 is 3.33. The van der Waals surface area contributed by atoms with Gasteiger partial charge < -0.3 is 9.72 Å². The van der Waals surface area contributed by atoms with E-state index in [0.29, 0.717) is 16.8 Å². The number of aromatic nitrogens is 1. The van der Waals surface area contributed by atoms with Crippen molar-refractivity contribution in [2.24, 2.45) is 0 Å². The van der Waals surface area contributed by atoms with Crippen LogP contribution in [0.3, 0.4) is 0 Å². The summed E-state index contributed by atoms with van der Waals surface area (Å²) in [7, 11) is 0. The molecule has 0 aliphatic carbocycles. The van der Waals surface area contributed by atoms with Gasteiger partial charge in [0.15, 0.2) is 0 Å². The molecule has 138 valence electrons. The molecule has 0 saturated carbocycles. The van der Waals surface area contributed by atoms with E-state index in [1.54, 1.807) is 53.1 Å². The van der Waals surface area contributed by atoms with Crippen LogP contribution in [-0.2, 0) is 4.79 Å². The second-order valence-corrected chi connectivity index (χ2v) is 7.11. The third-order valence-corrected chi connectivity index (χ3v) is 4.89. The van der Waals surface area contributed by atoms with Gasteiger partial charge in [0, 0.05) is 27.4 Å². The molecule has 0 spiro atoms. The van der Waals surface area contributed by atoms with E-state index < -0.39 is 11.7 Å². The molecule has 1 amide bonds. The normalized spacial score (nSPS) is 10.8. The summed E-state index contributed by atoms with van der Waals surface area (Å²) in [6, 6.07) is 20.1. The van der Waals surface area contributed by atoms with Crippen molar-refractivity contribution in [1.29, 1.82) is 0 Å². The van der Waals surface area contributed by atoms with Crippen LogP contribution >= 0.6 is 15.9 Å². The molecule has 28 heavy (non-hydrogen) atoms. The molecule has 6 heteroatoms. The number of nitrogens with zero attached hydrogens (tertiary/aromatic N) is 1. The van der Waals surface area contributed by atoms with Gasteiger partial charge in [0.2, 0.25) is 0 Å². The van der Waals surface area contributed by atoms with Crippen molar-refractivity contribution in [3.63, 3.8) is 0 Å². The number of carbonyl (C=O) groups excluding carboxylic acids is 2. The number of Topliss-reactive ketones (excluding diaryl/α,β-unsaturated/α-hetero) is 1. The molecule has 2 aromatic carbocycles. The maximum atomic E-state index is 13.3. The van der Waals surface area contributed by atoms with Gasteiger partial charge in [0.1, 0.15) is 11.5 Å². The Morgan fingerprint density at radius 1 is 0.929 bits per heavy atom. The molecule has 2 heterocycles. The Labute approximate surface area is 168 Å². The summed E-state index contributed by atoms with van der Waals surface area (Å²) in [5, 5.41) is 2.63. The number of halogens is 2. The van der Waals surface area contributed by atoms with Crippen molar-refractivity contribution in [1.82, 2.24) is 4.40 Å². The van der Waals surface area contributed by atoms with Crippen molar-refractivity contribution in [3.8, 4) is 11.1 Å². The van der Waals surface area contributed by atoms with E-state index in [9.17, 15) is 14.0 Å². The van der Waals surface area contributed by atoms with Gasteiger partial charge in [0.25, 0.3) is 11.7 Å². The SMILES string of the molecule is O=C(Nc1ccc(Br)cc1)C(=O)c1c(-c2ccc(F)cc2)cc2ccccn12. The first kappa shape index (κ1) is 18.1. The van der Waals surface area contributed by atoms with Gasteiger partial charge in [-0.2, -0.15) is 0 Å². The van der Waals surface area contributed by atoms with Gasteiger partial charge in [-0.1, -0.05) is 34.1 Å². The zero-order valence-electron chi connectivity index (χ0n) is 14.5. The first-order valence-corrected chi connectivity index (χ1v) is 9.29. The fourth-order valence-corrected chi connectivity index (χ4v) is 3.30. The van der Waals surface area contributed by atoms with Gasteiger partial charge in [-0.05, 0) is 60.2 Å². The molecular formula is C22H14BrFN2O2. The number of hydrogen-bond acceptors (Lipinski definition) is 2. The van der Waals surface area contributed by atoms with Crippen LogP contribution in [0, 0.1) is 5.82 Å². The molecule has 0 bridgehead atoms. The lowest BCUT2D eigenvalue weighted by Gasteiger charge is -2.08. The van der Waals surface area contributed by atoms with E-state index in [4.69, 9.17) is 0 Å². The van der Waals surface area contributed by atoms with Crippen LogP contribution in [0.2, 0.25) is 0 Å². The molecular weight excluding hydrogens is 423 g/mol. The summed E-state index contributed by atoms with van der Waals surface area (Å²) in [6.07, 6.45) is 1.72. The van der Waals surface area contributed by atoms with Gasteiger partial charge >= 0.3 is 0 Å². The fourth-order valence-electron chi connectivity index (χ4n) is 3.03. The molecule has 2 aromatic heterocycles. The predicted molar refractivity (Wildman–Crippen MR) is 110 cm³/mol. The standard InChI is InChI=1S/C22H14BrFN2O2/c23-15-6-10-17(11-7-15)25-22(28)21(27)20-19(14-4-8-16(24)9-5-14)13-18-3-1-2-12-26(18)20/h1-13H,(H,25,28). The van der Waals surface area contributed by atoms with E-state index in [-0.39, 0.29) is 11.5 Å². The van der Waals surface area contributed by atoms with Gasteiger partial charge in [-0.25, -0.2) is 4.39 Å². The number of carbonyl (C=O) groups is 2. The molecule has 0 atom stereocenters. The lowest BCUT2D eigenvalue weighted by Crippen LogP contribution is -2.24. The monoisotopic (exact) mass is 436 g/mol. The highest BCUT2D eigenvalue weighted by Gasteiger charge is 2.24. The third kappa shape index (κ3) is 3.46. The van der Waals surface area contributed by atoms with Crippen LogP contribution in [0.15, 0.2) is 83.5 Å². The summed E-state index contributed by atoms with van der Waals surface area (Å²) in [4.78, 5) is 25.7. The minimum atomic E-state index is -0.741. The average molecular weight is 437 g/mol. The Balaban J connectivity index is 1.76. The largest absolute Gasteiger partial charge is 0.319 e. The third-order valence-electron chi connectivity index (χ3n) is 4.36. The summed E-state index contributed by atoms with van der Waals surface area (Å²) < 4.78 is 15.9. The summed E-state index contributed by atoms with van der Waals surface area (Å²) in [6.45, 7) is 0. The molecule has 0 fully saturated rings. The van der Waals surface area contributed by atoms with Crippen molar-refractivity contribution in [2.45, 2.75) is 0 Å². The smallest absolute Gasteiger partial charge is 0.298 e. The Hall–Kier alpha value is -3.25. The highest BCUT2D eigenvalue weighted by molar-refractivity contribution is 9.10. The Morgan fingerprint density at radius 3 is 2.36 bits per heavy atom. The Bertz CT molecular complexity index is 1180. The predicted octanol–water partition coefficient (Wildman–Crippen LogP) is 5.33. The van der Waals surface area contributed by atoms with Crippen molar-refractivity contribution in [2.75, 3.05) is 5.32 Å². The quantitative estimate of drug-likeness (QED) is 0.347. The van der Waals surface area contributed by atoms with Gasteiger partial charge in [-0.15, -0.1) is 0 Å². The lowest BCUT2D eigenvalue weighted by molar-refractivity contribution is -0.112. The molecule has 0 aliphatic heterocycles. The van der Waals surface area contributed by atoms with E-state index in [1.807, 2.05) is 18.2 Å². The van der Waals surface area contributed by atoms with Gasteiger partial charge in [0.05, 0.1) is 0 Å². The number of hydrogen-bond donors (Lipinski definition) is 1. The second-order valence-electron chi connectivity index (χ2n) is 6.20. The van der Waals surface area contributed by atoms with Crippen LogP contribution < -0.4 is 5.32 Å². The number of nitrogens with one attached hydrogen (secondary N) is 1. The molecule has 4 rings (SSSR count). The average Bonchev–Trinajstić information content (AvgIpc) is 3.09. The summed E-state index contributed by atoms with van der Waals surface area (Å²) in [5.74, 6) is -1.78. The number of rotatable bonds is 4. The zero-order valence-corrected chi connectivity index (χ0v) is 16.1. The number of pyridine rings is 1. The minimum Gasteiger partial charge on any atom is -0.319 e. The lowest BCUT2D eigenvalue weighted by atomic mass is 10.0. The van der Waals surface area contributed by atoms with E-state index >= 15 is 0 Å². The maximum absolute atomic E-state index is 13.3. The minimum absolute atomic E-state index is 0.233. The van der Waals surface area contributed by atoms with E-state index in [2.05, 4.69) is 21.2 Å². The number of ketones is 1. The highest BCUT2D eigenvalue weighted by Crippen LogP contribution is 2.29. The number of benzene rings is 2. The van der Waals surface area contributed by atoms with E-state index in [1.165, 1.54) is 12.1 Å². The maximum Gasteiger partial charge on any atom is 0.298 e.